The summed E-state index contributed by atoms with van der Waals surface area (Å²) in [6, 6.07) is 18.3. The van der Waals surface area contributed by atoms with E-state index in [2.05, 4.69) is 5.32 Å². The second kappa shape index (κ2) is 7.13. The summed E-state index contributed by atoms with van der Waals surface area (Å²) in [4.78, 5) is 27.3. The largest absolute Gasteiger partial charge is 0.324 e. The number of benzene rings is 3. The van der Waals surface area contributed by atoms with E-state index in [-0.39, 0.29) is 23.7 Å². The van der Waals surface area contributed by atoms with Crippen molar-refractivity contribution >= 4 is 23.2 Å². The minimum absolute atomic E-state index is 0.0757. The third-order valence-electron chi connectivity index (χ3n) is 5.09. The Morgan fingerprint density at radius 3 is 2.24 bits per heavy atom. The number of hydrogen-bond acceptors (Lipinski definition) is 2. The molecule has 0 aliphatic carbocycles. The van der Waals surface area contributed by atoms with E-state index >= 15 is 0 Å². The van der Waals surface area contributed by atoms with Crippen molar-refractivity contribution in [1.29, 1.82) is 0 Å². The van der Waals surface area contributed by atoms with Crippen LogP contribution in [-0.2, 0) is 15.1 Å². The lowest BCUT2D eigenvalue weighted by molar-refractivity contribution is -0.137. The van der Waals surface area contributed by atoms with Crippen molar-refractivity contribution < 1.29 is 18.4 Å². The van der Waals surface area contributed by atoms with Crippen molar-refractivity contribution in [3.05, 3.63) is 95.6 Å². The Hall–Kier alpha value is -3.54. The van der Waals surface area contributed by atoms with Crippen LogP contribution < -0.4 is 10.2 Å². The molecule has 6 heteroatoms. The highest BCUT2D eigenvalue weighted by molar-refractivity contribution is 6.17. The number of nitrogens with zero attached hydrogens (tertiary/aromatic N) is 1. The fourth-order valence-electron chi connectivity index (χ4n) is 3.65. The molecule has 4 nitrogen and oxygen atoms in total. The Labute approximate surface area is 166 Å². The van der Waals surface area contributed by atoms with Gasteiger partial charge in [0.05, 0.1) is 6.42 Å². The minimum Gasteiger partial charge on any atom is -0.324 e. The summed E-state index contributed by atoms with van der Waals surface area (Å²) in [5.41, 5.74) is 0.805. The lowest BCUT2D eigenvalue weighted by Gasteiger charge is -2.50. The van der Waals surface area contributed by atoms with Crippen LogP contribution in [0, 0.1) is 18.6 Å². The average Bonchev–Trinajstić information content (AvgIpc) is 2.66. The summed E-state index contributed by atoms with van der Waals surface area (Å²) in [7, 11) is 0. The number of aryl methyl sites for hydroxylation is 1. The number of carbonyl (C=O) groups is 2. The summed E-state index contributed by atoms with van der Waals surface area (Å²) < 4.78 is 27.4. The van der Waals surface area contributed by atoms with Gasteiger partial charge in [0.2, 0.25) is 5.91 Å². The molecule has 3 aromatic carbocycles. The van der Waals surface area contributed by atoms with E-state index in [0.29, 0.717) is 5.56 Å². The monoisotopic (exact) mass is 392 g/mol. The molecule has 0 spiro atoms. The minimum atomic E-state index is -1.36. The maximum absolute atomic E-state index is 13.8. The first-order chi connectivity index (χ1) is 13.9. The number of anilines is 2. The van der Waals surface area contributed by atoms with E-state index in [4.69, 9.17) is 0 Å². The Morgan fingerprint density at radius 2 is 1.62 bits per heavy atom. The number of halogens is 2. The molecule has 1 saturated heterocycles. The highest BCUT2D eigenvalue weighted by atomic mass is 19.1. The van der Waals surface area contributed by atoms with Crippen molar-refractivity contribution in [2.24, 2.45) is 0 Å². The fraction of sp³-hybridized carbons (Fsp3) is 0.130. The predicted molar refractivity (Wildman–Crippen MR) is 106 cm³/mol. The molecule has 1 N–H and O–H groups in total. The van der Waals surface area contributed by atoms with Crippen molar-refractivity contribution in [3.63, 3.8) is 0 Å². The highest BCUT2D eigenvalue weighted by Gasteiger charge is 2.58. The summed E-state index contributed by atoms with van der Waals surface area (Å²) in [5.74, 6) is -1.79. The summed E-state index contributed by atoms with van der Waals surface area (Å²) >= 11 is 0. The first kappa shape index (κ1) is 18.8. The van der Waals surface area contributed by atoms with Crippen LogP contribution in [-0.4, -0.2) is 11.8 Å². The molecule has 2 amide bonds. The van der Waals surface area contributed by atoms with Crippen LogP contribution in [0.5, 0.6) is 0 Å². The van der Waals surface area contributed by atoms with Gasteiger partial charge in [-0.15, -0.1) is 0 Å². The molecule has 0 saturated carbocycles. The molecule has 0 radical (unpaired) electrons. The van der Waals surface area contributed by atoms with E-state index in [1.807, 2.05) is 19.1 Å². The second-order valence-electron chi connectivity index (χ2n) is 7.08. The first-order valence-electron chi connectivity index (χ1n) is 9.13. The molecule has 1 heterocycles. The summed E-state index contributed by atoms with van der Waals surface area (Å²) in [5, 5.41) is 2.71. The van der Waals surface area contributed by atoms with E-state index in [9.17, 15) is 18.4 Å². The van der Waals surface area contributed by atoms with Gasteiger partial charge in [-0.1, -0.05) is 42.0 Å². The van der Waals surface area contributed by atoms with Gasteiger partial charge in [0.1, 0.15) is 11.6 Å². The Morgan fingerprint density at radius 1 is 0.966 bits per heavy atom. The summed E-state index contributed by atoms with van der Waals surface area (Å²) in [6.45, 7) is 1.92. The molecule has 29 heavy (non-hydrogen) atoms. The fourth-order valence-corrected chi connectivity index (χ4v) is 3.65. The van der Waals surface area contributed by atoms with Gasteiger partial charge < -0.3 is 5.32 Å². The van der Waals surface area contributed by atoms with Crippen LogP contribution in [0.1, 0.15) is 17.5 Å². The van der Waals surface area contributed by atoms with Gasteiger partial charge in [-0.25, -0.2) is 8.78 Å². The quantitative estimate of drug-likeness (QED) is 0.663. The van der Waals surface area contributed by atoms with Crippen LogP contribution in [0.15, 0.2) is 72.8 Å². The maximum atomic E-state index is 13.8. The highest BCUT2D eigenvalue weighted by Crippen LogP contribution is 2.46. The molecule has 1 aliphatic heterocycles. The molecule has 0 bridgehead atoms. The molecular formula is C23H18F2N2O2. The molecule has 3 aromatic rings. The van der Waals surface area contributed by atoms with Gasteiger partial charge >= 0.3 is 0 Å². The number of amides is 2. The van der Waals surface area contributed by atoms with Gasteiger partial charge in [-0.3, -0.25) is 14.5 Å². The third kappa shape index (κ3) is 3.27. The van der Waals surface area contributed by atoms with Gasteiger partial charge in [-0.05, 0) is 48.9 Å². The Kier molecular flexibility index (Phi) is 4.62. The topological polar surface area (TPSA) is 49.4 Å². The number of β-lactam (4-membered cyclic amide) rings is 1. The van der Waals surface area contributed by atoms with Gasteiger partial charge in [-0.2, -0.15) is 0 Å². The number of carbonyl (C=O) groups excluding carboxylic acids is 2. The SMILES string of the molecule is Cc1ccc(C2(C(=O)Nc3cccc(F)c3)CC(=O)N2c2cccc(F)c2)cc1. The predicted octanol–water partition coefficient (Wildman–Crippen LogP) is 4.54. The average molecular weight is 392 g/mol. The zero-order valence-electron chi connectivity index (χ0n) is 15.7. The van der Waals surface area contributed by atoms with Crippen LogP contribution >= 0.6 is 0 Å². The molecule has 1 fully saturated rings. The number of nitrogens with one attached hydrogen (secondary N) is 1. The Balaban J connectivity index is 1.80. The molecular weight excluding hydrogens is 374 g/mol. The van der Waals surface area contributed by atoms with Gasteiger partial charge in [0, 0.05) is 11.4 Å². The lowest BCUT2D eigenvalue weighted by Crippen LogP contribution is -2.67. The normalized spacial score (nSPS) is 18.3. The molecule has 1 aliphatic rings. The van der Waals surface area contributed by atoms with E-state index in [1.165, 1.54) is 41.3 Å². The summed E-state index contributed by atoms with van der Waals surface area (Å²) in [6.07, 6.45) is -0.0757. The number of rotatable bonds is 4. The lowest BCUT2D eigenvalue weighted by atomic mass is 9.75. The van der Waals surface area contributed by atoms with Gasteiger partial charge in [0.25, 0.3) is 5.91 Å². The zero-order valence-corrected chi connectivity index (χ0v) is 15.7. The maximum Gasteiger partial charge on any atom is 0.255 e. The second-order valence-corrected chi connectivity index (χ2v) is 7.08. The van der Waals surface area contributed by atoms with Crippen molar-refractivity contribution in [2.75, 3.05) is 10.2 Å². The van der Waals surface area contributed by atoms with Crippen LogP contribution in [0.25, 0.3) is 0 Å². The first-order valence-corrected chi connectivity index (χ1v) is 9.13. The van der Waals surface area contributed by atoms with Crippen molar-refractivity contribution in [1.82, 2.24) is 0 Å². The molecule has 1 unspecified atom stereocenters. The van der Waals surface area contributed by atoms with Crippen molar-refractivity contribution in [2.45, 2.75) is 18.9 Å². The molecule has 146 valence electrons. The Bertz CT molecular complexity index is 1100. The van der Waals surface area contributed by atoms with Crippen LogP contribution in [0.2, 0.25) is 0 Å². The standard InChI is InChI=1S/C23H18F2N2O2/c1-15-8-10-16(11-9-15)23(22(29)26-19-6-2-4-17(24)12-19)14-21(28)27(23)20-7-3-5-18(25)13-20/h2-13H,14H2,1H3,(H,26,29). The van der Waals surface area contributed by atoms with Crippen LogP contribution in [0.3, 0.4) is 0 Å². The molecule has 0 aromatic heterocycles. The van der Waals surface area contributed by atoms with E-state index in [1.54, 1.807) is 24.3 Å². The van der Waals surface area contributed by atoms with Gasteiger partial charge in [0.15, 0.2) is 5.54 Å². The zero-order chi connectivity index (χ0) is 20.6. The smallest absolute Gasteiger partial charge is 0.255 e. The molecule has 4 rings (SSSR count). The van der Waals surface area contributed by atoms with E-state index in [0.717, 1.165) is 5.56 Å². The molecule has 1 atom stereocenters. The van der Waals surface area contributed by atoms with E-state index < -0.39 is 23.1 Å². The van der Waals surface area contributed by atoms with Crippen LogP contribution in [0.4, 0.5) is 20.2 Å². The van der Waals surface area contributed by atoms with Crippen molar-refractivity contribution in [3.8, 4) is 0 Å². The third-order valence-corrected chi connectivity index (χ3v) is 5.09. The number of hydrogen-bond donors (Lipinski definition) is 1.